The van der Waals surface area contributed by atoms with Gasteiger partial charge in [-0.2, -0.15) is 0 Å². The average Bonchev–Trinajstić information content (AvgIpc) is 2.43. The summed E-state index contributed by atoms with van der Waals surface area (Å²) >= 11 is 0. The molecule has 1 aromatic carbocycles. The Morgan fingerprint density at radius 3 is 2.45 bits per heavy atom. The van der Waals surface area contributed by atoms with Crippen LogP contribution in [0.4, 0.5) is 0 Å². The number of rotatable bonds is 6. The topological polar surface area (TPSA) is 49.4 Å². The van der Waals surface area contributed by atoms with Gasteiger partial charge < -0.3 is 5.32 Å². The van der Waals surface area contributed by atoms with E-state index in [0.717, 1.165) is 26.1 Å². The first-order valence-electron chi connectivity index (χ1n) is 7.31. The molecule has 1 fully saturated rings. The Kier molecular flexibility index (Phi) is 5.57. The third-order valence-corrected chi connectivity index (χ3v) is 5.30. The van der Waals surface area contributed by atoms with Crippen molar-refractivity contribution in [1.82, 2.24) is 10.2 Å². The Labute approximate surface area is 122 Å². The van der Waals surface area contributed by atoms with Gasteiger partial charge in [0.25, 0.3) is 0 Å². The summed E-state index contributed by atoms with van der Waals surface area (Å²) < 4.78 is 22.9. The summed E-state index contributed by atoms with van der Waals surface area (Å²) in [7, 11) is -2.79. The Morgan fingerprint density at radius 1 is 1.15 bits per heavy atom. The maximum Gasteiger partial charge on any atom is 0.152 e. The lowest BCUT2D eigenvalue weighted by Gasteiger charge is -2.27. The number of hydrogen-bond donors (Lipinski definition) is 1. The molecule has 0 atom stereocenters. The Hall–Kier alpha value is -0.910. The molecule has 0 amide bonds. The van der Waals surface area contributed by atoms with Gasteiger partial charge in [0.05, 0.1) is 11.5 Å². The van der Waals surface area contributed by atoms with Crippen molar-refractivity contribution in [3.8, 4) is 0 Å². The highest BCUT2D eigenvalue weighted by Gasteiger charge is 2.21. The molecule has 2 rings (SSSR count). The van der Waals surface area contributed by atoms with Gasteiger partial charge in [-0.05, 0) is 24.1 Å². The van der Waals surface area contributed by atoms with E-state index in [2.05, 4.69) is 41.4 Å². The summed E-state index contributed by atoms with van der Waals surface area (Å²) in [6.45, 7) is 6.22. The van der Waals surface area contributed by atoms with Crippen LogP contribution in [0, 0.1) is 0 Å². The van der Waals surface area contributed by atoms with Crippen LogP contribution < -0.4 is 5.32 Å². The molecular weight excluding hydrogens is 272 g/mol. The van der Waals surface area contributed by atoms with E-state index in [9.17, 15) is 8.42 Å². The van der Waals surface area contributed by atoms with Gasteiger partial charge in [-0.1, -0.05) is 31.2 Å². The van der Waals surface area contributed by atoms with Crippen molar-refractivity contribution in [2.24, 2.45) is 0 Å². The molecule has 0 aliphatic carbocycles. The lowest BCUT2D eigenvalue weighted by molar-refractivity contribution is 0.286. The van der Waals surface area contributed by atoms with E-state index in [-0.39, 0.29) is 0 Å². The number of benzene rings is 1. The summed E-state index contributed by atoms with van der Waals surface area (Å²) in [6.07, 6.45) is 1.13. The van der Waals surface area contributed by atoms with Gasteiger partial charge in [-0.15, -0.1) is 0 Å². The number of sulfone groups is 1. The fraction of sp³-hybridized carbons (Fsp3) is 0.600. The van der Waals surface area contributed by atoms with Crippen molar-refractivity contribution < 1.29 is 8.42 Å². The molecule has 1 aromatic rings. The molecule has 0 bridgehead atoms. The molecule has 4 nitrogen and oxygen atoms in total. The quantitative estimate of drug-likeness (QED) is 0.807. The minimum Gasteiger partial charge on any atom is -0.313 e. The zero-order valence-electron chi connectivity index (χ0n) is 12.1. The number of hydrogen-bond acceptors (Lipinski definition) is 4. The van der Waals surface area contributed by atoms with Gasteiger partial charge >= 0.3 is 0 Å². The Balaban J connectivity index is 1.95. The maximum atomic E-state index is 11.5. The molecule has 1 saturated heterocycles. The van der Waals surface area contributed by atoms with Gasteiger partial charge in [0, 0.05) is 26.2 Å². The highest BCUT2D eigenvalue weighted by atomic mass is 32.2. The van der Waals surface area contributed by atoms with Crippen molar-refractivity contribution in [3.05, 3.63) is 35.4 Å². The van der Waals surface area contributed by atoms with E-state index in [1.165, 1.54) is 11.1 Å². The number of nitrogens with one attached hydrogen (secondary N) is 1. The molecule has 0 aromatic heterocycles. The molecule has 112 valence electrons. The highest BCUT2D eigenvalue weighted by Crippen LogP contribution is 2.14. The van der Waals surface area contributed by atoms with Gasteiger partial charge in [0.2, 0.25) is 0 Å². The van der Waals surface area contributed by atoms with E-state index in [0.29, 0.717) is 24.6 Å². The average molecular weight is 296 g/mol. The molecule has 0 radical (unpaired) electrons. The number of nitrogens with zero attached hydrogens (tertiary/aromatic N) is 1. The molecule has 0 spiro atoms. The Bertz CT molecular complexity index is 514. The van der Waals surface area contributed by atoms with Crippen LogP contribution in [0.5, 0.6) is 0 Å². The van der Waals surface area contributed by atoms with Crippen LogP contribution in [-0.2, 0) is 22.9 Å². The van der Waals surface area contributed by atoms with Crippen molar-refractivity contribution in [3.63, 3.8) is 0 Å². The van der Waals surface area contributed by atoms with E-state index in [4.69, 9.17) is 0 Å². The van der Waals surface area contributed by atoms with E-state index >= 15 is 0 Å². The summed E-state index contributed by atoms with van der Waals surface area (Å²) in [5.74, 6) is 0.590. The molecule has 1 heterocycles. The van der Waals surface area contributed by atoms with Crippen LogP contribution >= 0.6 is 0 Å². The Morgan fingerprint density at radius 2 is 1.80 bits per heavy atom. The van der Waals surface area contributed by atoms with Crippen molar-refractivity contribution >= 4 is 9.84 Å². The van der Waals surface area contributed by atoms with Crippen LogP contribution in [0.1, 0.15) is 24.5 Å². The minimum absolute atomic E-state index is 0.295. The fourth-order valence-electron chi connectivity index (χ4n) is 2.43. The lowest BCUT2D eigenvalue weighted by atomic mass is 10.1. The van der Waals surface area contributed by atoms with Crippen LogP contribution in [-0.4, -0.2) is 44.5 Å². The summed E-state index contributed by atoms with van der Waals surface area (Å²) in [6, 6.07) is 8.41. The van der Waals surface area contributed by atoms with Crippen LogP contribution in [0.25, 0.3) is 0 Å². The van der Waals surface area contributed by atoms with Gasteiger partial charge in [-0.3, -0.25) is 4.90 Å². The minimum atomic E-state index is -2.79. The predicted octanol–water partition coefficient (Wildman–Crippen LogP) is 1.42. The van der Waals surface area contributed by atoms with Crippen LogP contribution in [0.2, 0.25) is 0 Å². The SMILES string of the molecule is CCCNCc1ccccc1CN1CCS(=O)(=O)CC1. The van der Waals surface area contributed by atoms with Gasteiger partial charge in [0.1, 0.15) is 0 Å². The highest BCUT2D eigenvalue weighted by molar-refractivity contribution is 7.91. The summed E-state index contributed by atoms with van der Waals surface area (Å²) in [5, 5.41) is 3.43. The first kappa shape index (κ1) is 15.5. The zero-order valence-corrected chi connectivity index (χ0v) is 13.0. The molecule has 0 unspecified atom stereocenters. The maximum absolute atomic E-state index is 11.5. The lowest BCUT2D eigenvalue weighted by Crippen LogP contribution is -2.39. The monoisotopic (exact) mass is 296 g/mol. The molecule has 1 N–H and O–H groups in total. The molecule has 5 heteroatoms. The van der Waals surface area contributed by atoms with E-state index in [1.54, 1.807) is 0 Å². The zero-order chi connectivity index (χ0) is 14.4. The fourth-order valence-corrected chi connectivity index (χ4v) is 3.71. The molecule has 20 heavy (non-hydrogen) atoms. The van der Waals surface area contributed by atoms with E-state index in [1.807, 2.05) is 0 Å². The normalized spacial score (nSPS) is 19.1. The second-order valence-corrected chi connectivity index (χ2v) is 7.68. The largest absolute Gasteiger partial charge is 0.313 e. The second kappa shape index (κ2) is 7.20. The second-order valence-electron chi connectivity index (χ2n) is 5.37. The van der Waals surface area contributed by atoms with Crippen molar-refractivity contribution in [1.29, 1.82) is 0 Å². The summed E-state index contributed by atoms with van der Waals surface area (Å²) in [5.41, 5.74) is 2.62. The predicted molar refractivity (Wildman–Crippen MR) is 82.4 cm³/mol. The first-order valence-corrected chi connectivity index (χ1v) is 9.13. The molecular formula is C15H24N2O2S. The van der Waals surface area contributed by atoms with Gasteiger partial charge in [0.15, 0.2) is 9.84 Å². The van der Waals surface area contributed by atoms with Crippen LogP contribution in [0.15, 0.2) is 24.3 Å². The van der Waals surface area contributed by atoms with Crippen LogP contribution in [0.3, 0.4) is 0 Å². The molecule has 1 aliphatic heterocycles. The van der Waals surface area contributed by atoms with Crippen molar-refractivity contribution in [2.45, 2.75) is 26.4 Å². The third kappa shape index (κ3) is 4.58. The van der Waals surface area contributed by atoms with E-state index < -0.39 is 9.84 Å². The first-order chi connectivity index (χ1) is 9.61. The van der Waals surface area contributed by atoms with Gasteiger partial charge in [-0.25, -0.2) is 8.42 Å². The summed E-state index contributed by atoms with van der Waals surface area (Å²) in [4.78, 5) is 2.24. The third-order valence-electron chi connectivity index (χ3n) is 3.69. The standard InChI is InChI=1S/C15H24N2O2S/c1-2-7-16-12-14-5-3-4-6-15(14)13-17-8-10-20(18,19)11-9-17/h3-6,16H,2,7-13H2,1H3. The van der Waals surface area contributed by atoms with Crippen molar-refractivity contribution in [2.75, 3.05) is 31.1 Å². The molecule has 1 aliphatic rings. The smallest absolute Gasteiger partial charge is 0.152 e. The molecule has 0 saturated carbocycles.